The van der Waals surface area contributed by atoms with Gasteiger partial charge < -0.3 is 19.0 Å². The van der Waals surface area contributed by atoms with Crippen molar-refractivity contribution in [3.63, 3.8) is 0 Å². The van der Waals surface area contributed by atoms with E-state index >= 15 is 0 Å². The van der Waals surface area contributed by atoms with E-state index in [4.69, 9.17) is 19.0 Å². The first kappa shape index (κ1) is 29.9. The van der Waals surface area contributed by atoms with E-state index < -0.39 is 7.60 Å². The van der Waals surface area contributed by atoms with Crippen LogP contribution in [-0.4, -0.2) is 34.2 Å². The van der Waals surface area contributed by atoms with Gasteiger partial charge in [-0.15, -0.1) is 0 Å². The molecule has 2 heterocycles. The van der Waals surface area contributed by atoms with Gasteiger partial charge in [0.2, 0.25) is 0 Å². The quantitative estimate of drug-likeness (QED) is 0.108. The van der Waals surface area contributed by atoms with Gasteiger partial charge in [-0.3, -0.25) is 4.57 Å². The maximum Gasteiger partial charge on any atom is 0.355 e. The molecule has 6 rings (SSSR count). The van der Waals surface area contributed by atoms with E-state index in [0.717, 1.165) is 45.0 Å². The molecule has 0 amide bonds. The number of nitrogens with zero attached hydrogens (tertiary/aromatic N) is 2. The third-order valence-corrected chi connectivity index (χ3v) is 10.6. The number of hydrogen-bond acceptors (Lipinski definition) is 7. The summed E-state index contributed by atoms with van der Waals surface area (Å²) >= 11 is 2.67. The molecule has 0 saturated heterocycles. The normalized spacial score (nSPS) is 11.4. The Labute approximate surface area is 264 Å². The van der Waals surface area contributed by atoms with Crippen LogP contribution in [0.3, 0.4) is 0 Å². The lowest BCUT2D eigenvalue weighted by molar-refractivity contribution is 0.286. The molecule has 7 nitrogen and oxygen atoms in total. The first-order chi connectivity index (χ1) is 21.5. The molecule has 0 fully saturated rings. The molecule has 0 spiro atoms. The molecule has 4 aromatic carbocycles. The first-order valence-corrected chi connectivity index (χ1v) is 17.0. The van der Waals surface area contributed by atoms with Gasteiger partial charge in [-0.05, 0) is 23.5 Å². The standard InChI is InChI=1S/C34H29N4O3PS2/c1-40-42(39,41-2)23-28(43-33-35-29(24-15-7-3-8-16-24)30(36-33)25-17-9-4-10-18-25)44-34-37-31(26-19-11-5-12-20-26)32(38-34)27-21-13-6-14-22-27/h3-23H,1-2H3,(H,35,36)(H,37,38). The Morgan fingerprint density at radius 2 is 0.932 bits per heavy atom. The van der Waals surface area contributed by atoms with Gasteiger partial charge in [-0.2, -0.15) is 0 Å². The molecule has 0 unspecified atom stereocenters. The van der Waals surface area contributed by atoms with Crippen LogP contribution in [-0.2, 0) is 13.6 Å². The molecule has 0 saturated carbocycles. The highest BCUT2D eigenvalue weighted by molar-refractivity contribution is 8.22. The molecule has 0 aliphatic carbocycles. The van der Waals surface area contributed by atoms with E-state index in [1.165, 1.54) is 43.6 Å². The second-order valence-electron chi connectivity index (χ2n) is 9.55. The molecule has 2 aromatic heterocycles. The predicted molar refractivity (Wildman–Crippen MR) is 180 cm³/mol. The minimum atomic E-state index is -3.54. The fraction of sp³-hybridized carbons (Fsp3) is 0.0588. The molecule has 44 heavy (non-hydrogen) atoms. The van der Waals surface area contributed by atoms with Crippen molar-refractivity contribution in [3.05, 3.63) is 131 Å². The van der Waals surface area contributed by atoms with Crippen molar-refractivity contribution in [3.8, 4) is 45.0 Å². The van der Waals surface area contributed by atoms with Gasteiger partial charge in [0.1, 0.15) is 0 Å². The smallest absolute Gasteiger partial charge is 0.332 e. The number of imidazole rings is 2. The zero-order chi connectivity index (χ0) is 30.4. The maximum atomic E-state index is 13.4. The highest BCUT2D eigenvalue weighted by atomic mass is 32.2. The van der Waals surface area contributed by atoms with Crippen LogP contribution in [0.4, 0.5) is 0 Å². The summed E-state index contributed by atoms with van der Waals surface area (Å²) in [5, 5.41) is 1.25. The van der Waals surface area contributed by atoms with Crippen molar-refractivity contribution in [2.75, 3.05) is 14.2 Å². The second kappa shape index (κ2) is 13.7. The molecule has 2 N–H and O–H groups in total. The number of nitrogens with one attached hydrogen (secondary N) is 2. The Morgan fingerprint density at radius 3 is 1.27 bits per heavy atom. The van der Waals surface area contributed by atoms with Crippen LogP contribution in [0.25, 0.3) is 45.0 Å². The highest BCUT2D eigenvalue weighted by Gasteiger charge is 2.24. The van der Waals surface area contributed by atoms with E-state index in [-0.39, 0.29) is 0 Å². The summed E-state index contributed by atoms with van der Waals surface area (Å²) in [6, 6.07) is 40.2. The first-order valence-electron chi connectivity index (χ1n) is 13.8. The Morgan fingerprint density at radius 1 is 0.591 bits per heavy atom. The zero-order valence-electron chi connectivity index (χ0n) is 24.0. The second-order valence-corrected chi connectivity index (χ2v) is 13.9. The van der Waals surface area contributed by atoms with Gasteiger partial charge in [0.05, 0.1) is 27.0 Å². The van der Waals surface area contributed by atoms with Crippen LogP contribution in [0.5, 0.6) is 0 Å². The minimum Gasteiger partial charge on any atom is -0.332 e. The average Bonchev–Trinajstić information content (AvgIpc) is 3.71. The fourth-order valence-electron chi connectivity index (χ4n) is 4.61. The molecule has 6 aromatic rings. The highest BCUT2D eigenvalue weighted by Crippen LogP contribution is 2.54. The number of benzene rings is 4. The molecule has 0 bridgehead atoms. The van der Waals surface area contributed by atoms with E-state index in [2.05, 4.69) is 9.97 Å². The summed E-state index contributed by atoms with van der Waals surface area (Å²) in [7, 11) is -0.799. The van der Waals surface area contributed by atoms with Gasteiger partial charge in [0.25, 0.3) is 0 Å². The Bertz CT molecular complexity index is 1660. The summed E-state index contributed by atoms with van der Waals surface area (Å²) in [4.78, 5) is 17.0. The number of rotatable bonds is 11. The molecule has 0 aliphatic rings. The summed E-state index contributed by atoms with van der Waals surface area (Å²) in [6.45, 7) is 0. The summed E-state index contributed by atoms with van der Waals surface area (Å²) in [5.74, 6) is 1.52. The Hall–Kier alpha value is -4.11. The van der Waals surface area contributed by atoms with Gasteiger partial charge >= 0.3 is 7.60 Å². The topological polar surface area (TPSA) is 92.9 Å². The fourth-order valence-corrected chi connectivity index (χ4v) is 8.03. The third-order valence-electron chi connectivity index (χ3n) is 6.75. The Kier molecular flexibility index (Phi) is 9.31. The van der Waals surface area contributed by atoms with Gasteiger partial charge in [0, 0.05) is 42.3 Å². The number of H-pyrrole nitrogens is 2. The number of aromatic nitrogens is 4. The summed E-state index contributed by atoms with van der Waals surface area (Å²) in [5.41, 5.74) is 7.41. The number of hydrogen-bond donors (Lipinski definition) is 2. The van der Waals surface area contributed by atoms with Crippen molar-refractivity contribution >= 4 is 31.1 Å². The zero-order valence-corrected chi connectivity index (χ0v) is 26.5. The molecule has 0 aliphatic heterocycles. The van der Waals surface area contributed by atoms with Crippen molar-refractivity contribution in [2.24, 2.45) is 0 Å². The minimum absolute atomic E-state index is 0.623. The van der Waals surface area contributed by atoms with Crippen molar-refractivity contribution in [2.45, 2.75) is 10.3 Å². The van der Waals surface area contributed by atoms with Gasteiger partial charge in [-0.25, -0.2) is 9.97 Å². The number of thioether (sulfide) groups is 2. The van der Waals surface area contributed by atoms with E-state index in [1.54, 1.807) is 0 Å². The summed E-state index contributed by atoms with van der Waals surface area (Å²) in [6.07, 6.45) is 0. The van der Waals surface area contributed by atoms with E-state index in [9.17, 15) is 4.57 Å². The lowest BCUT2D eigenvalue weighted by atomic mass is 10.1. The van der Waals surface area contributed by atoms with E-state index in [1.807, 2.05) is 121 Å². The van der Waals surface area contributed by atoms with Crippen LogP contribution in [0.2, 0.25) is 0 Å². The molecule has 10 heteroatoms. The summed E-state index contributed by atoms with van der Waals surface area (Å²) < 4.78 is 24.6. The predicted octanol–water partition coefficient (Wildman–Crippen LogP) is 9.97. The average molecular weight is 637 g/mol. The van der Waals surface area contributed by atoms with Crippen LogP contribution < -0.4 is 0 Å². The van der Waals surface area contributed by atoms with Gasteiger partial charge in [0.15, 0.2) is 10.3 Å². The lowest BCUT2D eigenvalue weighted by Gasteiger charge is -2.11. The molecule has 0 radical (unpaired) electrons. The van der Waals surface area contributed by atoms with Crippen LogP contribution in [0.1, 0.15) is 0 Å². The van der Waals surface area contributed by atoms with Crippen LogP contribution in [0, 0.1) is 0 Å². The lowest BCUT2D eigenvalue weighted by Crippen LogP contribution is -1.87. The SMILES string of the molecule is COP(=O)(C=C(Sc1nc(-c2ccccc2)c(-c2ccccc2)[nH]1)Sc1nc(-c2ccccc2)c(-c2ccccc2)[nH]1)OC. The largest absolute Gasteiger partial charge is 0.355 e. The van der Waals surface area contributed by atoms with Crippen LogP contribution >= 0.6 is 31.1 Å². The van der Waals surface area contributed by atoms with Crippen molar-refractivity contribution in [1.82, 2.24) is 19.9 Å². The molecule has 0 atom stereocenters. The van der Waals surface area contributed by atoms with Crippen molar-refractivity contribution in [1.29, 1.82) is 0 Å². The monoisotopic (exact) mass is 636 g/mol. The van der Waals surface area contributed by atoms with Crippen molar-refractivity contribution < 1.29 is 13.6 Å². The van der Waals surface area contributed by atoms with Gasteiger partial charge in [-0.1, -0.05) is 121 Å². The number of aromatic amines is 2. The maximum absolute atomic E-state index is 13.4. The third kappa shape index (κ3) is 6.83. The van der Waals surface area contributed by atoms with E-state index in [0.29, 0.717) is 14.6 Å². The molecular formula is C34H29N4O3PS2. The molecular weight excluding hydrogens is 608 g/mol. The van der Waals surface area contributed by atoms with Crippen LogP contribution in [0.15, 0.2) is 142 Å². The Balaban J connectivity index is 1.42. The molecule has 220 valence electrons.